The molecule has 5 heteroatoms. The van der Waals surface area contributed by atoms with E-state index in [-0.39, 0.29) is 6.61 Å². The minimum atomic E-state index is -1.01. The van der Waals surface area contributed by atoms with Gasteiger partial charge >= 0.3 is 0 Å². The van der Waals surface area contributed by atoms with Crippen LogP contribution in [-0.4, -0.2) is 59.6 Å². The zero-order valence-corrected chi connectivity index (χ0v) is 7.75. The Labute approximate surface area is 76.9 Å². The van der Waals surface area contributed by atoms with Gasteiger partial charge < -0.3 is 24.8 Å². The molecule has 0 spiro atoms. The lowest BCUT2D eigenvalue weighted by Crippen LogP contribution is -2.58. The van der Waals surface area contributed by atoms with Gasteiger partial charge in [0.25, 0.3) is 0 Å². The first-order valence-corrected chi connectivity index (χ1v) is 4.27. The second kappa shape index (κ2) is 4.34. The first-order chi connectivity index (χ1) is 6.11. The molecule has 1 heterocycles. The lowest BCUT2D eigenvalue weighted by molar-refractivity contribution is -0.231. The van der Waals surface area contributed by atoms with Crippen molar-refractivity contribution in [1.29, 1.82) is 0 Å². The van der Waals surface area contributed by atoms with Crippen LogP contribution in [0, 0.1) is 0 Å². The molecule has 13 heavy (non-hydrogen) atoms. The molecule has 0 aromatic carbocycles. The third kappa shape index (κ3) is 2.00. The second-order valence-electron chi connectivity index (χ2n) is 3.24. The Bertz CT molecular complexity index is 161. The van der Waals surface area contributed by atoms with Crippen LogP contribution in [0.4, 0.5) is 0 Å². The molecule has 78 valence electrons. The minimum absolute atomic E-state index is 0.230. The highest BCUT2D eigenvalue weighted by atomic mass is 16.6. The van der Waals surface area contributed by atoms with E-state index >= 15 is 0 Å². The quantitative estimate of drug-likeness (QED) is 0.496. The highest BCUT2D eigenvalue weighted by molar-refractivity contribution is 4.91. The summed E-state index contributed by atoms with van der Waals surface area (Å²) in [6.45, 7) is 1.41. The lowest BCUT2D eigenvalue weighted by atomic mass is 9.96. The Morgan fingerprint density at radius 2 is 1.92 bits per heavy atom. The van der Waals surface area contributed by atoms with Gasteiger partial charge in [-0.3, -0.25) is 0 Å². The smallest absolute Gasteiger partial charge is 0.114 e. The van der Waals surface area contributed by atoms with E-state index in [0.717, 1.165) is 0 Å². The number of hydrogen-bond acceptors (Lipinski definition) is 5. The van der Waals surface area contributed by atoms with Crippen molar-refractivity contribution in [3.63, 3.8) is 0 Å². The summed E-state index contributed by atoms with van der Waals surface area (Å²) >= 11 is 0. The largest absolute Gasteiger partial charge is 0.394 e. The van der Waals surface area contributed by atoms with E-state index in [0.29, 0.717) is 0 Å². The standard InChI is InChI=1S/C8H16O5/c1-4-6(10)7(11)8(12-2)5(3-9)13-4/h4-11H,3H2,1-2H3/t4-,5?,6?,7?,8+/m1/s1. The molecule has 1 aliphatic heterocycles. The molecule has 0 aromatic heterocycles. The van der Waals surface area contributed by atoms with E-state index in [4.69, 9.17) is 14.6 Å². The molecular formula is C8H16O5. The van der Waals surface area contributed by atoms with Crippen LogP contribution in [0.3, 0.4) is 0 Å². The fourth-order valence-corrected chi connectivity index (χ4v) is 1.56. The Morgan fingerprint density at radius 3 is 2.38 bits per heavy atom. The molecule has 1 saturated heterocycles. The number of methoxy groups -OCH3 is 1. The highest BCUT2D eigenvalue weighted by Crippen LogP contribution is 2.22. The number of aliphatic hydroxyl groups is 3. The predicted molar refractivity (Wildman–Crippen MR) is 44.2 cm³/mol. The molecule has 1 fully saturated rings. The average Bonchev–Trinajstić information content (AvgIpc) is 2.13. The summed E-state index contributed by atoms with van der Waals surface area (Å²) in [5, 5.41) is 27.9. The molecule has 0 saturated carbocycles. The van der Waals surface area contributed by atoms with Crippen molar-refractivity contribution >= 4 is 0 Å². The van der Waals surface area contributed by atoms with Gasteiger partial charge in [-0.2, -0.15) is 0 Å². The van der Waals surface area contributed by atoms with Gasteiger partial charge in [0, 0.05) is 7.11 Å². The second-order valence-corrected chi connectivity index (χ2v) is 3.24. The summed E-state index contributed by atoms with van der Waals surface area (Å²) in [5.41, 5.74) is 0. The molecule has 0 aliphatic carbocycles. The van der Waals surface area contributed by atoms with E-state index in [1.807, 2.05) is 0 Å². The van der Waals surface area contributed by atoms with E-state index in [1.165, 1.54) is 7.11 Å². The Balaban J connectivity index is 2.69. The molecule has 0 bridgehead atoms. The van der Waals surface area contributed by atoms with Crippen LogP contribution in [0.5, 0.6) is 0 Å². The fraction of sp³-hybridized carbons (Fsp3) is 1.00. The molecular weight excluding hydrogens is 176 g/mol. The van der Waals surface area contributed by atoms with Crippen molar-refractivity contribution in [1.82, 2.24) is 0 Å². The number of ether oxygens (including phenoxy) is 2. The van der Waals surface area contributed by atoms with Crippen molar-refractivity contribution in [3.8, 4) is 0 Å². The van der Waals surface area contributed by atoms with Crippen molar-refractivity contribution in [2.45, 2.75) is 37.4 Å². The highest BCUT2D eigenvalue weighted by Gasteiger charge is 2.42. The minimum Gasteiger partial charge on any atom is -0.394 e. The van der Waals surface area contributed by atoms with E-state index in [1.54, 1.807) is 6.92 Å². The molecule has 0 radical (unpaired) electrons. The van der Waals surface area contributed by atoms with Crippen molar-refractivity contribution in [2.24, 2.45) is 0 Å². The molecule has 5 nitrogen and oxygen atoms in total. The van der Waals surface area contributed by atoms with Gasteiger partial charge in [0.1, 0.15) is 24.4 Å². The van der Waals surface area contributed by atoms with Gasteiger partial charge in [0.05, 0.1) is 12.7 Å². The average molecular weight is 192 g/mol. The molecule has 1 rings (SSSR count). The van der Waals surface area contributed by atoms with Crippen LogP contribution in [0.15, 0.2) is 0 Å². The maximum Gasteiger partial charge on any atom is 0.114 e. The maximum absolute atomic E-state index is 9.54. The Kier molecular flexibility index (Phi) is 3.63. The maximum atomic E-state index is 9.54. The summed E-state index contributed by atoms with van der Waals surface area (Å²) in [5.74, 6) is 0. The first-order valence-electron chi connectivity index (χ1n) is 4.27. The molecule has 3 unspecified atom stereocenters. The topological polar surface area (TPSA) is 79.2 Å². The monoisotopic (exact) mass is 192 g/mol. The van der Waals surface area contributed by atoms with E-state index in [9.17, 15) is 10.2 Å². The summed E-state index contributed by atoms with van der Waals surface area (Å²) in [6.07, 6.45) is -3.70. The fourth-order valence-electron chi connectivity index (χ4n) is 1.56. The van der Waals surface area contributed by atoms with Crippen LogP contribution in [0.1, 0.15) is 6.92 Å². The third-order valence-electron chi connectivity index (χ3n) is 2.38. The SMILES string of the molecule is CO[C@H]1C(CO)O[C@H](C)C(O)C1O. The lowest BCUT2D eigenvalue weighted by Gasteiger charge is -2.40. The van der Waals surface area contributed by atoms with Crippen LogP contribution < -0.4 is 0 Å². The molecule has 1 aliphatic rings. The zero-order chi connectivity index (χ0) is 10.0. The van der Waals surface area contributed by atoms with Gasteiger partial charge in [-0.1, -0.05) is 0 Å². The van der Waals surface area contributed by atoms with Crippen LogP contribution in [0.2, 0.25) is 0 Å². The van der Waals surface area contributed by atoms with Crippen LogP contribution in [0.25, 0.3) is 0 Å². The van der Waals surface area contributed by atoms with Gasteiger partial charge in [-0.05, 0) is 6.92 Å². The molecule has 3 N–H and O–H groups in total. The third-order valence-corrected chi connectivity index (χ3v) is 2.38. The molecule has 5 atom stereocenters. The first kappa shape index (κ1) is 10.9. The van der Waals surface area contributed by atoms with E-state index < -0.39 is 30.5 Å². The van der Waals surface area contributed by atoms with Crippen molar-refractivity contribution < 1.29 is 24.8 Å². The predicted octanol–water partition coefficient (Wildman–Crippen LogP) is -1.50. The summed E-state index contributed by atoms with van der Waals surface area (Å²) in [4.78, 5) is 0. The number of rotatable bonds is 2. The number of aliphatic hydroxyl groups excluding tert-OH is 3. The zero-order valence-electron chi connectivity index (χ0n) is 7.75. The normalized spacial score (nSPS) is 46.4. The van der Waals surface area contributed by atoms with Gasteiger partial charge in [0.2, 0.25) is 0 Å². The summed E-state index contributed by atoms with van der Waals surface area (Å²) in [7, 11) is 1.41. The Morgan fingerprint density at radius 1 is 1.31 bits per heavy atom. The number of hydrogen-bond donors (Lipinski definition) is 3. The van der Waals surface area contributed by atoms with Crippen LogP contribution >= 0.6 is 0 Å². The van der Waals surface area contributed by atoms with Gasteiger partial charge in [-0.15, -0.1) is 0 Å². The van der Waals surface area contributed by atoms with Crippen molar-refractivity contribution in [3.05, 3.63) is 0 Å². The summed E-state index contributed by atoms with van der Waals surface area (Å²) in [6, 6.07) is 0. The van der Waals surface area contributed by atoms with Gasteiger partial charge in [-0.25, -0.2) is 0 Å². The van der Waals surface area contributed by atoms with E-state index in [2.05, 4.69) is 0 Å². The van der Waals surface area contributed by atoms with Crippen LogP contribution in [-0.2, 0) is 9.47 Å². The van der Waals surface area contributed by atoms with Gasteiger partial charge in [0.15, 0.2) is 0 Å². The Hall–Kier alpha value is -0.200. The van der Waals surface area contributed by atoms with Crippen molar-refractivity contribution in [2.75, 3.05) is 13.7 Å². The molecule has 0 aromatic rings. The summed E-state index contributed by atoms with van der Waals surface area (Å²) < 4.78 is 10.2. The molecule has 0 amide bonds.